The number of rotatable bonds is 2. The highest BCUT2D eigenvalue weighted by Crippen LogP contribution is 2.44. The van der Waals surface area contributed by atoms with Crippen LogP contribution in [0.15, 0.2) is 18.2 Å². The fraction of sp³-hybridized carbons (Fsp3) is 0.647. The lowest BCUT2D eigenvalue weighted by Crippen LogP contribution is -2.38. The monoisotopic (exact) mass is 259 g/mol. The number of benzene rings is 1. The van der Waals surface area contributed by atoms with Crippen molar-refractivity contribution in [1.82, 2.24) is 0 Å². The Bertz CT molecular complexity index is 437. The van der Waals surface area contributed by atoms with Gasteiger partial charge in [0.2, 0.25) is 0 Å². The first-order valence-electron chi connectivity index (χ1n) is 7.72. The van der Waals surface area contributed by atoms with Crippen molar-refractivity contribution in [1.29, 1.82) is 0 Å². The van der Waals surface area contributed by atoms with E-state index in [9.17, 15) is 0 Å². The second kappa shape index (κ2) is 5.54. The molecule has 0 heterocycles. The Morgan fingerprint density at radius 2 is 1.89 bits per heavy atom. The van der Waals surface area contributed by atoms with E-state index in [2.05, 4.69) is 18.2 Å². The first-order chi connectivity index (χ1) is 9.31. The normalized spacial score (nSPS) is 27.9. The molecular formula is C17H25NO. The second-order valence-corrected chi connectivity index (χ2v) is 6.15. The maximum absolute atomic E-state index is 6.48. The highest BCUT2D eigenvalue weighted by Gasteiger charge is 2.34. The molecule has 2 aliphatic rings. The van der Waals surface area contributed by atoms with Crippen molar-refractivity contribution in [2.75, 3.05) is 7.11 Å². The van der Waals surface area contributed by atoms with Crippen molar-refractivity contribution in [3.8, 4) is 5.75 Å². The summed E-state index contributed by atoms with van der Waals surface area (Å²) in [7, 11) is 1.78. The molecule has 0 spiro atoms. The molecule has 104 valence electrons. The van der Waals surface area contributed by atoms with E-state index in [0.717, 1.165) is 24.5 Å². The highest BCUT2D eigenvalue weighted by atomic mass is 16.5. The fourth-order valence-corrected chi connectivity index (χ4v) is 4.17. The van der Waals surface area contributed by atoms with Gasteiger partial charge in [-0.1, -0.05) is 31.4 Å². The van der Waals surface area contributed by atoms with Crippen molar-refractivity contribution in [2.45, 2.75) is 56.9 Å². The van der Waals surface area contributed by atoms with Gasteiger partial charge in [0.15, 0.2) is 0 Å². The predicted octanol–water partition coefficient (Wildman–Crippen LogP) is 3.63. The predicted molar refractivity (Wildman–Crippen MR) is 78.6 cm³/mol. The molecule has 2 atom stereocenters. The van der Waals surface area contributed by atoms with Gasteiger partial charge in [0.05, 0.1) is 7.11 Å². The number of nitrogens with two attached hydrogens (primary N) is 1. The van der Waals surface area contributed by atoms with Crippen LogP contribution in [-0.4, -0.2) is 13.2 Å². The topological polar surface area (TPSA) is 35.2 Å². The van der Waals surface area contributed by atoms with Gasteiger partial charge in [-0.25, -0.2) is 0 Å². The Balaban J connectivity index is 1.96. The SMILES string of the molecule is COc1cccc2c1CCC(N)C2C1CCCCC1. The lowest BCUT2D eigenvalue weighted by Gasteiger charge is -2.39. The zero-order valence-corrected chi connectivity index (χ0v) is 11.9. The molecule has 2 N–H and O–H groups in total. The number of fused-ring (bicyclic) bond motifs is 1. The van der Waals surface area contributed by atoms with Gasteiger partial charge >= 0.3 is 0 Å². The van der Waals surface area contributed by atoms with Crippen LogP contribution < -0.4 is 10.5 Å². The van der Waals surface area contributed by atoms with Gasteiger partial charge in [0, 0.05) is 12.0 Å². The van der Waals surface area contributed by atoms with Crippen molar-refractivity contribution in [3.63, 3.8) is 0 Å². The van der Waals surface area contributed by atoms with Crippen LogP contribution in [0.4, 0.5) is 0 Å². The molecule has 0 saturated heterocycles. The molecule has 1 saturated carbocycles. The van der Waals surface area contributed by atoms with Crippen molar-refractivity contribution < 1.29 is 4.74 Å². The van der Waals surface area contributed by atoms with Crippen molar-refractivity contribution >= 4 is 0 Å². The summed E-state index contributed by atoms with van der Waals surface area (Å²) in [6, 6.07) is 6.85. The Labute approximate surface area is 116 Å². The molecule has 0 radical (unpaired) electrons. The smallest absolute Gasteiger partial charge is 0.122 e. The summed E-state index contributed by atoms with van der Waals surface area (Å²) in [5, 5.41) is 0. The molecule has 2 heteroatoms. The van der Waals surface area contributed by atoms with Crippen LogP contribution in [0.3, 0.4) is 0 Å². The third-order valence-corrected chi connectivity index (χ3v) is 5.09. The fourth-order valence-electron chi connectivity index (χ4n) is 4.17. The van der Waals surface area contributed by atoms with E-state index in [-0.39, 0.29) is 0 Å². The first kappa shape index (κ1) is 13.0. The second-order valence-electron chi connectivity index (χ2n) is 6.15. The Hall–Kier alpha value is -1.02. The lowest BCUT2D eigenvalue weighted by molar-refractivity contribution is 0.260. The minimum absolute atomic E-state index is 0.336. The summed E-state index contributed by atoms with van der Waals surface area (Å²) in [5.74, 6) is 2.40. The largest absolute Gasteiger partial charge is 0.496 e. The summed E-state index contributed by atoms with van der Waals surface area (Å²) in [5.41, 5.74) is 9.37. The molecule has 0 aromatic heterocycles. The third-order valence-electron chi connectivity index (χ3n) is 5.09. The van der Waals surface area contributed by atoms with E-state index in [1.165, 1.54) is 43.2 Å². The average Bonchev–Trinajstić information content (AvgIpc) is 2.47. The Morgan fingerprint density at radius 1 is 1.11 bits per heavy atom. The minimum Gasteiger partial charge on any atom is -0.496 e. The van der Waals surface area contributed by atoms with Gasteiger partial charge in [0.25, 0.3) is 0 Å². The molecule has 2 aliphatic carbocycles. The summed E-state index contributed by atoms with van der Waals surface area (Å²) < 4.78 is 5.54. The third kappa shape index (κ3) is 2.38. The van der Waals surface area contributed by atoms with E-state index in [1.54, 1.807) is 7.11 Å². The average molecular weight is 259 g/mol. The number of hydrogen-bond donors (Lipinski definition) is 1. The molecule has 2 nitrogen and oxygen atoms in total. The van der Waals surface area contributed by atoms with E-state index in [4.69, 9.17) is 10.5 Å². The van der Waals surface area contributed by atoms with Crippen LogP contribution in [0.1, 0.15) is 55.6 Å². The first-order valence-corrected chi connectivity index (χ1v) is 7.72. The van der Waals surface area contributed by atoms with E-state index in [1.807, 2.05) is 0 Å². The van der Waals surface area contributed by atoms with Crippen molar-refractivity contribution in [2.24, 2.45) is 11.7 Å². The maximum Gasteiger partial charge on any atom is 0.122 e. The van der Waals surface area contributed by atoms with E-state index in [0.29, 0.717) is 12.0 Å². The van der Waals surface area contributed by atoms with E-state index < -0.39 is 0 Å². The number of methoxy groups -OCH3 is 1. The molecule has 0 aliphatic heterocycles. The molecule has 1 aromatic carbocycles. The van der Waals surface area contributed by atoms with Gasteiger partial charge in [-0.3, -0.25) is 0 Å². The van der Waals surface area contributed by atoms with Crippen LogP contribution in [0, 0.1) is 5.92 Å². The number of ether oxygens (including phenoxy) is 1. The zero-order valence-electron chi connectivity index (χ0n) is 11.9. The summed E-state index contributed by atoms with van der Waals surface area (Å²) >= 11 is 0. The molecule has 19 heavy (non-hydrogen) atoms. The Kier molecular flexibility index (Phi) is 3.79. The molecule has 1 aromatic rings. The Morgan fingerprint density at radius 3 is 2.63 bits per heavy atom. The van der Waals surface area contributed by atoms with Gasteiger partial charge in [-0.05, 0) is 48.8 Å². The van der Waals surface area contributed by atoms with Gasteiger partial charge in [-0.2, -0.15) is 0 Å². The van der Waals surface area contributed by atoms with Gasteiger partial charge in [0.1, 0.15) is 5.75 Å². The molecule has 0 amide bonds. The minimum atomic E-state index is 0.336. The van der Waals surface area contributed by atoms with E-state index >= 15 is 0 Å². The lowest BCUT2D eigenvalue weighted by atomic mass is 9.68. The highest BCUT2D eigenvalue weighted by molar-refractivity contribution is 5.45. The standard InChI is InChI=1S/C17H25NO/c1-19-16-9-5-8-14-13(16)10-11-15(18)17(14)12-6-3-2-4-7-12/h5,8-9,12,15,17H,2-4,6-7,10-11,18H2,1H3. The molecule has 1 fully saturated rings. The molecule has 3 rings (SSSR count). The van der Waals surface area contributed by atoms with Gasteiger partial charge in [-0.15, -0.1) is 0 Å². The van der Waals surface area contributed by atoms with Crippen LogP contribution in [0.5, 0.6) is 5.75 Å². The molecule has 0 bridgehead atoms. The maximum atomic E-state index is 6.48. The summed E-state index contributed by atoms with van der Waals surface area (Å²) in [6.07, 6.45) is 9.06. The van der Waals surface area contributed by atoms with Crippen LogP contribution in [-0.2, 0) is 6.42 Å². The quantitative estimate of drug-likeness (QED) is 0.880. The van der Waals surface area contributed by atoms with Gasteiger partial charge < -0.3 is 10.5 Å². The van der Waals surface area contributed by atoms with Crippen LogP contribution >= 0.6 is 0 Å². The molecular weight excluding hydrogens is 234 g/mol. The van der Waals surface area contributed by atoms with Crippen LogP contribution in [0.2, 0.25) is 0 Å². The summed E-state index contributed by atoms with van der Waals surface area (Å²) in [4.78, 5) is 0. The van der Waals surface area contributed by atoms with Crippen molar-refractivity contribution in [3.05, 3.63) is 29.3 Å². The van der Waals surface area contributed by atoms with Crippen LogP contribution in [0.25, 0.3) is 0 Å². The summed E-state index contributed by atoms with van der Waals surface area (Å²) in [6.45, 7) is 0. The zero-order chi connectivity index (χ0) is 13.2. The molecule has 2 unspecified atom stereocenters. The number of hydrogen-bond acceptors (Lipinski definition) is 2.